The lowest BCUT2D eigenvalue weighted by Crippen LogP contribution is -2.41. The van der Waals surface area contributed by atoms with Gasteiger partial charge in [-0.2, -0.15) is 11.8 Å². The van der Waals surface area contributed by atoms with Crippen LogP contribution in [0.15, 0.2) is 4.99 Å². The van der Waals surface area contributed by atoms with Crippen molar-refractivity contribution in [1.29, 1.82) is 0 Å². The van der Waals surface area contributed by atoms with Crippen LogP contribution in [0.1, 0.15) is 20.3 Å². The van der Waals surface area contributed by atoms with Crippen LogP contribution in [-0.4, -0.2) is 37.6 Å². The first-order chi connectivity index (χ1) is 6.20. The van der Waals surface area contributed by atoms with E-state index >= 15 is 0 Å². The molecule has 0 heterocycles. The van der Waals surface area contributed by atoms with Crippen molar-refractivity contribution in [2.24, 2.45) is 4.99 Å². The fourth-order valence-corrected chi connectivity index (χ4v) is 1.32. The van der Waals surface area contributed by atoms with Gasteiger partial charge in [-0.25, -0.2) is 0 Å². The zero-order valence-electron chi connectivity index (χ0n) is 9.05. The minimum atomic E-state index is 0.437. The highest BCUT2D eigenvalue weighted by Crippen LogP contribution is 1.93. The van der Waals surface area contributed by atoms with E-state index in [-0.39, 0.29) is 0 Å². The molecule has 0 bridgehead atoms. The summed E-state index contributed by atoms with van der Waals surface area (Å²) in [5.74, 6) is 2.10. The highest BCUT2D eigenvalue weighted by atomic mass is 32.2. The SMILES string of the molecule is CN=C(NCCCSC)NC(C)C. The van der Waals surface area contributed by atoms with Gasteiger partial charge in [0.2, 0.25) is 0 Å². The van der Waals surface area contributed by atoms with Gasteiger partial charge >= 0.3 is 0 Å². The number of rotatable bonds is 5. The van der Waals surface area contributed by atoms with Gasteiger partial charge in [-0.05, 0) is 32.3 Å². The molecule has 4 heteroatoms. The van der Waals surface area contributed by atoms with Crippen LogP contribution < -0.4 is 10.6 Å². The third kappa shape index (κ3) is 7.96. The van der Waals surface area contributed by atoms with E-state index in [1.54, 1.807) is 7.05 Å². The number of hydrogen-bond acceptors (Lipinski definition) is 2. The summed E-state index contributed by atoms with van der Waals surface area (Å²) in [6.45, 7) is 5.21. The van der Waals surface area contributed by atoms with Gasteiger partial charge in [0.15, 0.2) is 5.96 Å². The first kappa shape index (κ1) is 12.6. The Bertz CT molecular complexity index is 146. The zero-order valence-corrected chi connectivity index (χ0v) is 9.87. The maximum absolute atomic E-state index is 4.11. The van der Waals surface area contributed by atoms with E-state index in [9.17, 15) is 0 Å². The molecule has 0 atom stereocenters. The van der Waals surface area contributed by atoms with Crippen molar-refractivity contribution >= 4 is 17.7 Å². The molecular formula is C9H21N3S. The maximum Gasteiger partial charge on any atom is 0.191 e. The van der Waals surface area contributed by atoms with Gasteiger partial charge in [0.25, 0.3) is 0 Å². The first-order valence-corrected chi connectivity index (χ1v) is 6.06. The minimum absolute atomic E-state index is 0.437. The second-order valence-electron chi connectivity index (χ2n) is 3.14. The van der Waals surface area contributed by atoms with Crippen molar-refractivity contribution in [2.75, 3.05) is 25.6 Å². The minimum Gasteiger partial charge on any atom is -0.356 e. The van der Waals surface area contributed by atoms with Crippen molar-refractivity contribution < 1.29 is 0 Å². The monoisotopic (exact) mass is 203 g/mol. The number of nitrogens with zero attached hydrogens (tertiary/aromatic N) is 1. The fourth-order valence-electron chi connectivity index (χ4n) is 0.891. The molecule has 0 spiro atoms. The second-order valence-corrected chi connectivity index (χ2v) is 4.13. The molecule has 0 radical (unpaired) electrons. The molecule has 0 rings (SSSR count). The normalized spacial score (nSPS) is 11.9. The number of aliphatic imine (C=N–C) groups is 1. The summed E-state index contributed by atoms with van der Waals surface area (Å²) in [6.07, 6.45) is 3.31. The van der Waals surface area contributed by atoms with Crippen LogP contribution in [0.25, 0.3) is 0 Å². The third-order valence-electron chi connectivity index (χ3n) is 1.47. The predicted octanol–water partition coefficient (Wildman–Crippen LogP) is 1.31. The predicted molar refractivity (Wildman–Crippen MR) is 62.6 cm³/mol. The van der Waals surface area contributed by atoms with E-state index in [0.717, 1.165) is 12.5 Å². The third-order valence-corrected chi connectivity index (χ3v) is 2.16. The van der Waals surface area contributed by atoms with E-state index in [1.165, 1.54) is 12.2 Å². The maximum atomic E-state index is 4.11. The number of thioether (sulfide) groups is 1. The van der Waals surface area contributed by atoms with Gasteiger partial charge in [-0.3, -0.25) is 4.99 Å². The lowest BCUT2D eigenvalue weighted by atomic mass is 10.4. The molecule has 0 unspecified atom stereocenters. The van der Waals surface area contributed by atoms with Crippen LogP contribution in [0.4, 0.5) is 0 Å². The van der Waals surface area contributed by atoms with Gasteiger partial charge < -0.3 is 10.6 Å². The van der Waals surface area contributed by atoms with Crippen molar-refractivity contribution in [1.82, 2.24) is 10.6 Å². The number of nitrogens with one attached hydrogen (secondary N) is 2. The zero-order chi connectivity index (χ0) is 10.1. The van der Waals surface area contributed by atoms with Crippen LogP contribution >= 0.6 is 11.8 Å². The lowest BCUT2D eigenvalue weighted by molar-refractivity contribution is 0.696. The molecule has 0 aromatic rings. The molecular weight excluding hydrogens is 182 g/mol. The summed E-state index contributed by atoms with van der Waals surface area (Å²) >= 11 is 1.87. The van der Waals surface area contributed by atoms with Gasteiger partial charge in [0, 0.05) is 19.6 Å². The van der Waals surface area contributed by atoms with Crippen LogP contribution in [-0.2, 0) is 0 Å². The average molecular weight is 203 g/mol. The molecule has 0 fully saturated rings. The van der Waals surface area contributed by atoms with Crippen LogP contribution in [0.2, 0.25) is 0 Å². The smallest absolute Gasteiger partial charge is 0.191 e. The van der Waals surface area contributed by atoms with Crippen molar-refractivity contribution in [3.8, 4) is 0 Å². The Hall–Kier alpha value is -0.380. The van der Waals surface area contributed by atoms with E-state index in [4.69, 9.17) is 0 Å². The molecule has 0 aromatic carbocycles. The van der Waals surface area contributed by atoms with Gasteiger partial charge in [0.1, 0.15) is 0 Å². The van der Waals surface area contributed by atoms with E-state index in [2.05, 4.69) is 35.7 Å². The van der Waals surface area contributed by atoms with Gasteiger partial charge in [0.05, 0.1) is 0 Å². The summed E-state index contributed by atoms with van der Waals surface area (Å²) < 4.78 is 0. The molecule has 2 N–H and O–H groups in total. The van der Waals surface area contributed by atoms with Crippen LogP contribution in [0.5, 0.6) is 0 Å². The standard InChI is InChI=1S/C9H21N3S/c1-8(2)12-9(10-3)11-6-5-7-13-4/h8H,5-7H2,1-4H3,(H2,10,11,12). The summed E-state index contributed by atoms with van der Waals surface area (Å²) in [6, 6.07) is 0.437. The first-order valence-electron chi connectivity index (χ1n) is 4.66. The molecule has 3 nitrogen and oxygen atoms in total. The summed E-state index contributed by atoms with van der Waals surface area (Å²) in [7, 11) is 1.80. The second kappa shape index (κ2) is 8.23. The fraction of sp³-hybridized carbons (Fsp3) is 0.889. The highest BCUT2D eigenvalue weighted by Gasteiger charge is 1.97. The molecule has 0 aliphatic heterocycles. The summed E-state index contributed by atoms with van der Waals surface area (Å²) in [5, 5.41) is 6.50. The molecule has 0 amide bonds. The Morgan fingerprint density at radius 1 is 1.46 bits per heavy atom. The topological polar surface area (TPSA) is 36.4 Å². The molecule has 0 saturated heterocycles. The van der Waals surface area contributed by atoms with E-state index < -0.39 is 0 Å². The quantitative estimate of drug-likeness (QED) is 0.402. The summed E-state index contributed by atoms with van der Waals surface area (Å²) in [4.78, 5) is 4.11. The largest absolute Gasteiger partial charge is 0.356 e. The average Bonchev–Trinajstić information content (AvgIpc) is 2.09. The molecule has 78 valence electrons. The van der Waals surface area contributed by atoms with Crippen LogP contribution in [0, 0.1) is 0 Å². The Kier molecular flexibility index (Phi) is 7.99. The van der Waals surface area contributed by atoms with Crippen molar-refractivity contribution in [3.05, 3.63) is 0 Å². The Morgan fingerprint density at radius 2 is 2.15 bits per heavy atom. The summed E-state index contributed by atoms with van der Waals surface area (Å²) in [5.41, 5.74) is 0. The van der Waals surface area contributed by atoms with Gasteiger partial charge in [-0.15, -0.1) is 0 Å². The van der Waals surface area contributed by atoms with Crippen molar-refractivity contribution in [3.63, 3.8) is 0 Å². The molecule has 0 aromatic heterocycles. The van der Waals surface area contributed by atoms with Crippen LogP contribution in [0.3, 0.4) is 0 Å². The molecule has 0 aliphatic carbocycles. The highest BCUT2D eigenvalue weighted by molar-refractivity contribution is 7.98. The number of guanidine groups is 1. The van der Waals surface area contributed by atoms with E-state index in [1.807, 2.05) is 11.8 Å². The van der Waals surface area contributed by atoms with E-state index in [0.29, 0.717) is 6.04 Å². The van der Waals surface area contributed by atoms with Crippen molar-refractivity contribution in [2.45, 2.75) is 26.3 Å². The Morgan fingerprint density at radius 3 is 2.62 bits per heavy atom. The lowest BCUT2D eigenvalue weighted by Gasteiger charge is -2.13. The van der Waals surface area contributed by atoms with Gasteiger partial charge in [-0.1, -0.05) is 0 Å². The molecule has 0 saturated carbocycles. The number of hydrogen-bond donors (Lipinski definition) is 2. The molecule has 0 aliphatic rings. The Balaban J connectivity index is 3.50. The Labute approximate surface area is 85.8 Å². The molecule has 13 heavy (non-hydrogen) atoms.